The lowest BCUT2D eigenvalue weighted by Crippen LogP contribution is -2.28. The summed E-state index contributed by atoms with van der Waals surface area (Å²) < 4.78 is 56.5. The molecule has 0 aliphatic heterocycles. The molecular formula is C19H14F4N2OS. The van der Waals surface area contributed by atoms with Crippen molar-refractivity contribution in [1.82, 2.24) is 4.57 Å². The highest BCUT2D eigenvalue weighted by Gasteiger charge is 2.31. The van der Waals surface area contributed by atoms with Gasteiger partial charge >= 0.3 is 4.87 Å². The van der Waals surface area contributed by atoms with Crippen LogP contribution in [-0.2, 0) is 6.54 Å². The molecule has 0 saturated carbocycles. The van der Waals surface area contributed by atoms with Gasteiger partial charge in [-0.2, -0.15) is 5.26 Å². The summed E-state index contributed by atoms with van der Waals surface area (Å²) in [5.74, 6) is -6.24. The van der Waals surface area contributed by atoms with Gasteiger partial charge in [0.1, 0.15) is 0 Å². The van der Waals surface area contributed by atoms with Gasteiger partial charge in [-0.05, 0) is 36.8 Å². The van der Waals surface area contributed by atoms with E-state index in [1.807, 2.05) is 6.07 Å². The van der Waals surface area contributed by atoms with Crippen molar-refractivity contribution in [3.63, 3.8) is 0 Å². The average Bonchev–Trinajstić information content (AvgIpc) is 2.91. The van der Waals surface area contributed by atoms with E-state index in [0.29, 0.717) is 10.2 Å². The maximum Gasteiger partial charge on any atom is 0.308 e. The first-order valence-corrected chi connectivity index (χ1v) is 8.84. The molecule has 2 aromatic carbocycles. The Hall–Kier alpha value is -2.66. The number of halogens is 4. The molecule has 0 spiro atoms. The van der Waals surface area contributed by atoms with Crippen molar-refractivity contribution in [1.29, 1.82) is 5.26 Å². The van der Waals surface area contributed by atoms with Crippen molar-refractivity contribution in [3.8, 4) is 17.2 Å². The molecule has 0 fully saturated rings. The molecule has 0 saturated heterocycles. The summed E-state index contributed by atoms with van der Waals surface area (Å²) in [6, 6.07) is 8.27. The van der Waals surface area contributed by atoms with Crippen LogP contribution in [0.2, 0.25) is 0 Å². The van der Waals surface area contributed by atoms with Gasteiger partial charge in [0.25, 0.3) is 0 Å². The lowest BCUT2D eigenvalue weighted by molar-refractivity contribution is -0.0381. The van der Waals surface area contributed by atoms with E-state index in [9.17, 15) is 27.6 Å². The predicted molar refractivity (Wildman–Crippen MR) is 95.9 cm³/mol. The molecule has 0 radical (unpaired) electrons. The molecule has 1 heterocycles. The third-order valence-corrected chi connectivity index (χ3v) is 5.44. The third kappa shape index (κ3) is 3.47. The van der Waals surface area contributed by atoms with Gasteiger partial charge < -0.3 is 0 Å². The number of alkyl halides is 2. The largest absolute Gasteiger partial charge is 0.308 e. The molecule has 0 bridgehead atoms. The summed E-state index contributed by atoms with van der Waals surface area (Å²) in [4.78, 5) is 11.8. The Morgan fingerprint density at radius 1 is 1.26 bits per heavy atom. The fourth-order valence-electron chi connectivity index (χ4n) is 2.75. The number of rotatable bonds is 4. The van der Waals surface area contributed by atoms with Crippen LogP contribution in [0.3, 0.4) is 0 Å². The summed E-state index contributed by atoms with van der Waals surface area (Å²) >= 11 is 0.827. The monoisotopic (exact) mass is 394 g/mol. The van der Waals surface area contributed by atoms with E-state index in [4.69, 9.17) is 0 Å². The lowest BCUT2D eigenvalue weighted by atomic mass is 9.99. The zero-order valence-corrected chi connectivity index (χ0v) is 15.2. The number of nitrogens with zero attached hydrogens (tertiary/aromatic N) is 2. The second kappa shape index (κ2) is 6.82. The van der Waals surface area contributed by atoms with E-state index in [1.165, 1.54) is 35.8 Å². The first-order valence-electron chi connectivity index (χ1n) is 8.03. The Morgan fingerprint density at radius 3 is 2.59 bits per heavy atom. The Kier molecular flexibility index (Phi) is 4.82. The van der Waals surface area contributed by atoms with Gasteiger partial charge in [-0.1, -0.05) is 24.3 Å². The Bertz CT molecular complexity index is 1120. The van der Waals surface area contributed by atoms with Crippen LogP contribution in [0.25, 0.3) is 21.3 Å². The van der Waals surface area contributed by atoms with E-state index in [2.05, 4.69) is 0 Å². The minimum Gasteiger partial charge on any atom is -0.298 e. The summed E-state index contributed by atoms with van der Waals surface area (Å²) in [7, 11) is 0. The minimum atomic E-state index is -2.94. The van der Waals surface area contributed by atoms with E-state index in [-0.39, 0.29) is 23.2 Å². The molecule has 3 aromatic rings. The Morgan fingerprint density at radius 2 is 1.96 bits per heavy atom. The zero-order chi connectivity index (χ0) is 19.9. The molecule has 1 aromatic heterocycles. The maximum absolute atomic E-state index is 14.2. The smallest absolute Gasteiger partial charge is 0.298 e. The molecular weight excluding hydrogens is 380 g/mol. The number of thiazole rings is 1. The Labute approximate surface area is 156 Å². The first-order chi connectivity index (χ1) is 12.6. The molecule has 0 aliphatic carbocycles. The van der Waals surface area contributed by atoms with Crippen LogP contribution >= 0.6 is 11.3 Å². The highest BCUT2D eigenvalue weighted by atomic mass is 32.1. The van der Waals surface area contributed by atoms with Crippen LogP contribution in [0.15, 0.2) is 35.1 Å². The van der Waals surface area contributed by atoms with Gasteiger partial charge in [0.05, 0.1) is 21.8 Å². The highest BCUT2D eigenvalue weighted by molar-refractivity contribution is 7.16. The van der Waals surface area contributed by atoms with E-state index in [1.54, 1.807) is 0 Å². The average molecular weight is 394 g/mol. The fourth-order valence-corrected chi connectivity index (χ4v) is 3.69. The number of hydrogen-bond donors (Lipinski definition) is 0. The number of hydrogen-bond acceptors (Lipinski definition) is 3. The van der Waals surface area contributed by atoms with Gasteiger partial charge in [-0.3, -0.25) is 9.36 Å². The van der Waals surface area contributed by atoms with Crippen LogP contribution < -0.4 is 4.87 Å². The van der Waals surface area contributed by atoms with Gasteiger partial charge in [-0.15, -0.1) is 0 Å². The summed E-state index contributed by atoms with van der Waals surface area (Å²) in [6.45, 7) is 1.98. The van der Waals surface area contributed by atoms with Crippen LogP contribution in [-0.4, -0.2) is 10.5 Å². The van der Waals surface area contributed by atoms with Crippen LogP contribution in [0.5, 0.6) is 0 Å². The van der Waals surface area contributed by atoms with Crippen molar-refractivity contribution in [2.24, 2.45) is 5.92 Å². The summed E-state index contributed by atoms with van der Waals surface area (Å²) in [6.07, 6.45) is 0. The molecule has 3 nitrogen and oxygen atoms in total. The molecule has 140 valence electrons. The number of benzene rings is 2. The molecule has 8 heteroatoms. The fraction of sp³-hybridized carbons (Fsp3) is 0.263. The van der Waals surface area contributed by atoms with Crippen molar-refractivity contribution >= 4 is 21.6 Å². The quantitative estimate of drug-likeness (QED) is 0.573. The molecule has 0 N–H and O–H groups in total. The van der Waals surface area contributed by atoms with Gasteiger partial charge in [0.2, 0.25) is 5.92 Å². The number of nitriles is 1. The Balaban J connectivity index is 2.13. The summed E-state index contributed by atoms with van der Waals surface area (Å²) in [5.41, 5.74) is 0.429. The topological polar surface area (TPSA) is 45.8 Å². The van der Waals surface area contributed by atoms with Crippen molar-refractivity contribution in [2.75, 3.05) is 0 Å². The number of fused-ring (bicyclic) bond motifs is 1. The van der Waals surface area contributed by atoms with Crippen LogP contribution in [0.4, 0.5) is 17.6 Å². The van der Waals surface area contributed by atoms with E-state index < -0.39 is 28.3 Å². The summed E-state index contributed by atoms with van der Waals surface area (Å²) in [5, 5.41) is 9.17. The second-order valence-electron chi connectivity index (χ2n) is 6.41. The van der Waals surface area contributed by atoms with Gasteiger partial charge in [-0.25, -0.2) is 17.6 Å². The van der Waals surface area contributed by atoms with Crippen molar-refractivity contribution in [3.05, 3.63) is 57.2 Å². The predicted octanol–water partition coefficient (Wildman–Crippen LogP) is 5.17. The lowest BCUT2D eigenvalue weighted by Gasteiger charge is -2.19. The van der Waals surface area contributed by atoms with Crippen LogP contribution in [0, 0.1) is 28.9 Å². The number of aromatic nitrogens is 1. The minimum absolute atomic E-state index is 0.0423. The third-order valence-electron chi connectivity index (χ3n) is 4.49. The molecule has 27 heavy (non-hydrogen) atoms. The standard InChI is InChI=1S/C19H14F4N2OS/c1-10(19(2,22)23)9-25-14-6-4-11(7-15(14)27-18(25)26)16-12(8-24)3-5-13(20)17(16)21/h3-7,10H,9H2,1-2H3. The van der Waals surface area contributed by atoms with E-state index in [0.717, 1.165) is 24.3 Å². The van der Waals surface area contributed by atoms with Crippen LogP contribution in [0.1, 0.15) is 19.4 Å². The van der Waals surface area contributed by atoms with Crippen molar-refractivity contribution < 1.29 is 17.6 Å². The molecule has 0 amide bonds. The zero-order valence-electron chi connectivity index (χ0n) is 14.4. The maximum atomic E-state index is 14.2. The van der Waals surface area contributed by atoms with Gasteiger partial charge in [0.15, 0.2) is 11.6 Å². The highest BCUT2D eigenvalue weighted by Crippen LogP contribution is 2.32. The van der Waals surface area contributed by atoms with Crippen molar-refractivity contribution in [2.45, 2.75) is 26.3 Å². The first kappa shape index (κ1) is 19.1. The molecule has 1 unspecified atom stereocenters. The molecule has 1 atom stereocenters. The SMILES string of the molecule is CC(Cn1c(=O)sc2cc(-c3c(C#N)ccc(F)c3F)ccc21)C(C)(F)F. The van der Waals surface area contributed by atoms with Gasteiger partial charge in [0, 0.05) is 18.0 Å². The van der Waals surface area contributed by atoms with E-state index >= 15 is 0 Å². The molecule has 0 aliphatic rings. The second-order valence-corrected chi connectivity index (χ2v) is 7.41. The normalized spacial score (nSPS) is 12.9. The molecule has 3 rings (SSSR count).